The predicted molar refractivity (Wildman–Crippen MR) is 250 cm³/mol. The molecule has 3 N–H and O–H groups in total. The van der Waals surface area contributed by atoms with Crippen LogP contribution >= 0.6 is 22.7 Å². The van der Waals surface area contributed by atoms with Crippen molar-refractivity contribution < 1.29 is 24.2 Å². The van der Waals surface area contributed by atoms with Crippen LogP contribution in [-0.4, -0.2) is 87.6 Å². The van der Waals surface area contributed by atoms with Gasteiger partial charge in [0, 0.05) is 64.0 Å². The zero-order chi connectivity index (χ0) is 45.6. The standard InChI is InChI=1S/C24H24N6O2S.C22H22N6O3S/c1-13-8-17(18-9-14(2)26-12-20(18)32-3)19(11-25-13)22(31)30-24-29-21-23(33-24)28-16(10-27-21)7-6-15-4-5-15;1-12-7-15(16-8-13(2)24-11-18(16)31-3)17(10-23-12)20(30)28-22-27-19-21(32-22)26-14(9-25-19)5-4-6-29/h8-12,15H,4-7H2,1-3H3,(H,27,29,30,31);7-11,29H,4-6H2,1-3H3,(H,25,27,28,30). The molecule has 1 saturated carbocycles. The molecular weight excluding hydrogens is 865 g/mol. The number of pyridine rings is 4. The second-order valence-electron chi connectivity index (χ2n) is 15.5. The number of fused-ring (bicyclic) bond motifs is 2. The Morgan fingerprint density at radius 3 is 1.46 bits per heavy atom. The van der Waals surface area contributed by atoms with Gasteiger partial charge < -0.3 is 14.6 Å². The van der Waals surface area contributed by atoms with E-state index >= 15 is 0 Å². The van der Waals surface area contributed by atoms with Crippen LogP contribution in [0.15, 0.2) is 61.4 Å². The van der Waals surface area contributed by atoms with E-state index in [0.717, 1.165) is 74.4 Å². The van der Waals surface area contributed by atoms with E-state index in [-0.39, 0.29) is 18.4 Å². The molecule has 0 atom stereocenters. The van der Waals surface area contributed by atoms with Gasteiger partial charge in [-0.15, -0.1) is 0 Å². The Morgan fingerprint density at radius 2 is 1.03 bits per heavy atom. The summed E-state index contributed by atoms with van der Waals surface area (Å²) in [5.41, 5.74) is 9.74. The molecule has 0 aliphatic heterocycles. The molecule has 1 aliphatic rings. The molecule has 0 unspecified atom stereocenters. The third kappa shape index (κ3) is 10.7. The Hall–Kier alpha value is -6.96. The van der Waals surface area contributed by atoms with E-state index in [4.69, 9.17) is 19.6 Å². The highest BCUT2D eigenvalue weighted by molar-refractivity contribution is 7.22. The fourth-order valence-corrected chi connectivity index (χ4v) is 8.60. The first-order valence-corrected chi connectivity index (χ1v) is 22.6. The molecule has 0 saturated heterocycles. The average Bonchev–Trinajstić information content (AvgIpc) is 3.92. The molecule has 0 bridgehead atoms. The summed E-state index contributed by atoms with van der Waals surface area (Å²) in [5.74, 6) is 1.36. The van der Waals surface area contributed by atoms with Crippen LogP contribution in [-0.2, 0) is 12.8 Å². The minimum atomic E-state index is -0.344. The number of hydrogen-bond donors (Lipinski definition) is 3. The summed E-state index contributed by atoms with van der Waals surface area (Å²) >= 11 is 2.58. The van der Waals surface area contributed by atoms with Crippen LogP contribution in [0.3, 0.4) is 0 Å². The first-order chi connectivity index (χ1) is 31.5. The van der Waals surface area contributed by atoms with Gasteiger partial charge in [0.15, 0.2) is 31.2 Å². The molecule has 0 aromatic carbocycles. The lowest BCUT2D eigenvalue weighted by atomic mass is 9.99. The summed E-state index contributed by atoms with van der Waals surface area (Å²) in [4.78, 5) is 71.8. The van der Waals surface area contributed by atoms with Gasteiger partial charge in [-0.2, -0.15) is 9.97 Å². The summed E-state index contributed by atoms with van der Waals surface area (Å²) in [5, 5.41) is 15.6. The van der Waals surface area contributed by atoms with Crippen molar-refractivity contribution in [1.29, 1.82) is 0 Å². The Balaban J connectivity index is 0.000000177. The third-order valence-electron chi connectivity index (χ3n) is 10.5. The SMILES string of the molecule is COc1cnc(C)cc1-c1cc(C)ncc1C(=O)Nc1nc2ncc(CCC3CC3)nc2s1.COc1cnc(C)cc1-c1cc(C)ncc1C(=O)Nc1nc2ncc(CCCO)nc2s1. The molecule has 1 aliphatic carbocycles. The van der Waals surface area contributed by atoms with Gasteiger partial charge in [0.25, 0.3) is 11.8 Å². The van der Waals surface area contributed by atoms with Crippen LogP contribution in [0.5, 0.6) is 11.5 Å². The first-order valence-electron chi connectivity index (χ1n) is 20.9. The van der Waals surface area contributed by atoms with Gasteiger partial charge >= 0.3 is 0 Å². The highest BCUT2D eigenvalue weighted by atomic mass is 32.1. The molecule has 1 fully saturated rings. The average molecular weight is 911 g/mol. The van der Waals surface area contributed by atoms with Crippen molar-refractivity contribution in [2.45, 2.75) is 66.2 Å². The number of amides is 2. The van der Waals surface area contributed by atoms with Crippen molar-refractivity contribution in [1.82, 2.24) is 49.8 Å². The van der Waals surface area contributed by atoms with Gasteiger partial charge in [-0.05, 0) is 83.6 Å². The molecule has 0 spiro atoms. The quantitative estimate of drug-likeness (QED) is 0.0937. The number of nitrogens with zero attached hydrogens (tertiary/aromatic N) is 10. The number of rotatable bonds is 14. The lowest BCUT2D eigenvalue weighted by molar-refractivity contribution is 0.101. The second-order valence-corrected chi connectivity index (χ2v) is 17.5. The number of nitrogens with one attached hydrogen (secondary N) is 2. The summed E-state index contributed by atoms with van der Waals surface area (Å²) in [7, 11) is 3.16. The van der Waals surface area contributed by atoms with Crippen LogP contribution in [0.25, 0.3) is 43.2 Å². The summed E-state index contributed by atoms with van der Waals surface area (Å²) in [6.45, 7) is 7.63. The second kappa shape index (κ2) is 19.8. The minimum Gasteiger partial charge on any atom is -0.494 e. The summed E-state index contributed by atoms with van der Waals surface area (Å²) in [6, 6.07) is 7.50. The number of carbonyl (C=O) groups is 2. The Bertz CT molecular complexity index is 3040. The summed E-state index contributed by atoms with van der Waals surface area (Å²) < 4.78 is 11.0. The van der Waals surface area contributed by atoms with E-state index in [9.17, 15) is 9.59 Å². The van der Waals surface area contributed by atoms with Gasteiger partial charge in [-0.3, -0.25) is 40.2 Å². The number of methoxy groups -OCH3 is 2. The van der Waals surface area contributed by atoms with Crippen molar-refractivity contribution >= 4 is 65.7 Å². The highest BCUT2D eigenvalue weighted by Gasteiger charge is 2.23. The molecule has 2 amide bonds. The van der Waals surface area contributed by atoms with E-state index in [2.05, 4.69) is 55.5 Å². The van der Waals surface area contributed by atoms with Crippen LogP contribution in [0.2, 0.25) is 0 Å². The van der Waals surface area contributed by atoms with Gasteiger partial charge in [-0.1, -0.05) is 35.5 Å². The molecule has 17 nitrogen and oxygen atoms in total. The largest absolute Gasteiger partial charge is 0.494 e. The number of ether oxygens (including phenoxy) is 2. The van der Waals surface area contributed by atoms with Gasteiger partial charge in [0.2, 0.25) is 0 Å². The Kier molecular flexibility index (Phi) is 13.6. The fraction of sp³-hybridized carbons (Fsp3) is 0.304. The Morgan fingerprint density at radius 1 is 0.600 bits per heavy atom. The van der Waals surface area contributed by atoms with E-state index in [1.165, 1.54) is 35.5 Å². The van der Waals surface area contributed by atoms with Crippen molar-refractivity contribution in [2.75, 3.05) is 31.5 Å². The number of hydrogen-bond acceptors (Lipinski definition) is 17. The number of thiazole rings is 2. The van der Waals surface area contributed by atoms with Gasteiger partial charge in [0.1, 0.15) is 11.5 Å². The maximum Gasteiger partial charge on any atom is 0.259 e. The van der Waals surface area contributed by atoms with Crippen molar-refractivity contribution in [3.05, 3.63) is 107 Å². The van der Waals surface area contributed by atoms with Crippen molar-refractivity contribution in [3.8, 4) is 33.8 Å². The smallest absolute Gasteiger partial charge is 0.259 e. The van der Waals surface area contributed by atoms with Crippen LogP contribution in [0.4, 0.5) is 10.3 Å². The maximum atomic E-state index is 13.3. The Labute approximate surface area is 382 Å². The number of aromatic nitrogens is 10. The van der Waals surface area contributed by atoms with Crippen molar-refractivity contribution in [3.63, 3.8) is 0 Å². The summed E-state index contributed by atoms with van der Waals surface area (Å²) in [6.07, 6.45) is 15.8. The molecule has 0 radical (unpaired) electrons. The molecular formula is C46H46N12O5S2. The normalized spacial score (nSPS) is 12.2. The molecule has 9 rings (SSSR count). The number of aliphatic hydroxyl groups excluding tert-OH is 1. The molecule has 65 heavy (non-hydrogen) atoms. The maximum absolute atomic E-state index is 13.3. The zero-order valence-electron chi connectivity index (χ0n) is 36.7. The fourth-order valence-electron chi connectivity index (χ4n) is 6.98. The molecule has 8 aromatic heterocycles. The topological polar surface area (TPSA) is 226 Å². The number of aliphatic hydroxyl groups is 1. The molecule has 8 aromatic rings. The molecule has 19 heteroatoms. The van der Waals surface area contributed by atoms with Crippen molar-refractivity contribution in [2.24, 2.45) is 5.92 Å². The van der Waals surface area contributed by atoms with E-state index in [1.54, 1.807) is 51.4 Å². The lowest BCUT2D eigenvalue weighted by Crippen LogP contribution is -2.14. The number of aryl methyl sites for hydroxylation is 6. The van der Waals surface area contributed by atoms with Gasteiger partial charge in [0.05, 0.1) is 61.5 Å². The van der Waals surface area contributed by atoms with E-state index < -0.39 is 0 Å². The van der Waals surface area contributed by atoms with Crippen LogP contribution < -0.4 is 20.1 Å². The molecule has 332 valence electrons. The van der Waals surface area contributed by atoms with Crippen LogP contribution in [0.1, 0.15) is 80.6 Å². The third-order valence-corrected chi connectivity index (χ3v) is 12.2. The minimum absolute atomic E-state index is 0.0957. The highest BCUT2D eigenvalue weighted by Crippen LogP contribution is 2.36. The number of carbonyl (C=O) groups excluding carboxylic acids is 2. The number of anilines is 2. The van der Waals surface area contributed by atoms with Gasteiger partial charge in [-0.25, -0.2) is 19.9 Å². The van der Waals surface area contributed by atoms with E-state index in [0.29, 0.717) is 67.4 Å². The monoisotopic (exact) mass is 910 g/mol. The first kappa shape index (κ1) is 44.6. The van der Waals surface area contributed by atoms with E-state index in [1.807, 2.05) is 52.0 Å². The molecule has 8 heterocycles. The zero-order valence-corrected chi connectivity index (χ0v) is 38.3. The predicted octanol–water partition coefficient (Wildman–Crippen LogP) is 8.11. The lowest BCUT2D eigenvalue weighted by Gasteiger charge is -2.13. The van der Waals surface area contributed by atoms with Crippen LogP contribution in [0, 0.1) is 33.6 Å².